The van der Waals surface area contributed by atoms with Gasteiger partial charge >= 0.3 is 0 Å². The summed E-state index contributed by atoms with van der Waals surface area (Å²) in [5.41, 5.74) is 11.2. The molecule has 0 saturated carbocycles. The van der Waals surface area contributed by atoms with Crippen LogP contribution in [0.25, 0.3) is 65.8 Å². The number of hydrogen-bond donors (Lipinski definition) is 0. The minimum absolute atomic E-state index is 0. The van der Waals surface area contributed by atoms with Crippen molar-refractivity contribution < 1.29 is 27.3 Å². The molecule has 0 amide bonds. The van der Waals surface area contributed by atoms with Crippen molar-refractivity contribution in [2.24, 2.45) is 5.41 Å². The zero-order chi connectivity index (χ0) is 38.6. The molecule has 0 aliphatic heterocycles. The smallest absolute Gasteiger partial charge is 0.123 e. The Morgan fingerprint density at radius 1 is 0.774 bits per heavy atom. The van der Waals surface area contributed by atoms with Crippen LogP contribution in [0.4, 0.5) is 0 Å². The molecule has 0 bridgehead atoms. The summed E-state index contributed by atoms with van der Waals surface area (Å²) in [5, 5.41) is 3.16. The molecular weight excluding hydrogens is 847 g/mol. The maximum absolute atomic E-state index is 9.13. The second-order valence-electron chi connectivity index (χ2n) is 15.5. The first-order valence-corrected chi connectivity index (χ1v) is 18.5. The van der Waals surface area contributed by atoms with Gasteiger partial charge in [0.05, 0.1) is 20.8 Å². The standard InChI is InChI=1S/C35H35N2OS.C12H10N.Ir/c1-20-11-9-12-21(2)31(20)25-15-27(36-19-22(25)18-34(3,4)5)24-14-10-13-23-26-16-30-28(17-29(26)38-32(23)24)37-33(39-30)35(6,7)8;1-10-7-8-12(13-9-10)11-5-3-2-4-6-11;/h9-13,15-17,19H,18H2,1-8H3;2-5,7-9H,1H3;/q2*-1;/i18D2;;. The molecule has 0 N–H and O–H groups in total. The quantitative estimate of drug-likeness (QED) is 0.165. The fraction of sp³-hybridized carbons (Fsp3) is 0.255. The molecule has 4 nitrogen and oxygen atoms in total. The van der Waals surface area contributed by atoms with E-state index in [1.807, 2.05) is 94.6 Å². The third kappa shape index (κ3) is 8.21. The summed E-state index contributed by atoms with van der Waals surface area (Å²) >= 11 is 1.73. The molecule has 53 heavy (non-hydrogen) atoms. The first kappa shape index (κ1) is 35.5. The summed E-state index contributed by atoms with van der Waals surface area (Å²) in [6, 6.07) is 34.9. The summed E-state index contributed by atoms with van der Waals surface area (Å²) in [7, 11) is 0. The van der Waals surface area contributed by atoms with Crippen LogP contribution < -0.4 is 0 Å². The van der Waals surface area contributed by atoms with Crippen LogP contribution in [-0.2, 0) is 31.9 Å². The van der Waals surface area contributed by atoms with Crippen molar-refractivity contribution in [3.8, 4) is 33.6 Å². The number of pyridine rings is 2. The summed E-state index contributed by atoms with van der Waals surface area (Å²) in [6.45, 7) is 18.5. The Labute approximate surface area is 333 Å². The molecule has 4 aromatic heterocycles. The predicted molar refractivity (Wildman–Crippen MR) is 219 cm³/mol. The van der Waals surface area contributed by atoms with E-state index in [4.69, 9.17) is 17.1 Å². The van der Waals surface area contributed by atoms with E-state index in [-0.39, 0.29) is 25.5 Å². The average Bonchev–Trinajstić information content (AvgIpc) is 3.72. The maximum atomic E-state index is 9.13. The normalized spacial score (nSPS) is 12.6. The molecule has 1 radical (unpaired) electrons. The van der Waals surface area contributed by atoms with Gasteiger partial charge in [-0.2, -0.15) is 0 Å². The van der Waals surface area contributed by atoms with Gasteiger partial charge in [0.1, 0.15) is 5.58 Å². The summed E-state index contributed by atoms with van der Waals surface area (Å²) in [4.78, 5) is 14.1. The number of rotatable bonds is 4. The average molecular weight is 894 g/mol. The topological polar surface area (TPSA) is 51.8 Å². The van der Waals surface area contributed by atoms with Crippen LogP contribution in [0, 0.1) is 38.3 Å². The van der Waals surface area contributed by atoms with Crippen molar-refractivity contribution >= 4 is 43.5 Å². The summed E-state index contributed by atoms with van der Waals surface area (Å²) < 4.78 is 25.9. The minimum Gasteiger partial charge on any atom is -0.501 e. The Kier molecular flexibility index (Phi) is 10.1. The van der Waals surface area contributed by atoms with E-state index in [0.29, 0.717) is 11.3 Å². The third-order valence-electron chi connectivity index (χ3n) is 8.90. The van der Waals surface area contributed by atoms with E-state index in [2.05, 4.69) is 76.0 Å². The fourth-order valence-corrected chi connectivity index (χ4v) is 7.44. The molecule has 4 aromatic carbocycles. The molecule has 271 valence electrons. The number of furan rings is 1. The van der Waals surface area contributed by atoms with Gasteiger partial charge < -0.3 is 14.4 Å². The van der Waals surface area contributed by atoms with E-state index in [1.165, 1.54) is 5.56 Å². The Hall–Kier alpha value is -4.48. The molecule has 0 spiro atoms. The SMILES string of the molecule is Cc1ccc(-c2[c-]cccc2)nc1.[2H]C([2H])(c1cnc(-c2[c-]ccc3c2oc2cc4nc(C(C)(C)C)sc4cc23)cc1-c1c(C)cccc1C)C(C)(C)C.[Ir]. The van der Waals surface area contributed by atoms with Crippen LogP contribution in [0.15, 0.2) is 102 Å². The van der Waals surface area contributed by atoms with E-state index >= 15 is 0 Å². The molecule has 8 rings (SSSR count). The zero-order valence-electron chi connectivity index (χ0n) is 33.7. The van der Waals surface area contributed by atoms with Gasteiger partial charge in [0.25, 0.3) is 0 Å². The maximum Gasteiger partial charge on any atom is 0.123 e. The fourth-order valence-electron chi connectivity index (χ4n) is 6.39. The van der Waals surface area contributed by atoms with Gasteiger partial charge in [-0.3, -0.25) is 0 Å². The number of aryl methyl sites for hydroxylation is 3. The molecule has 4 heterocycles. The number of benzene rings is 4. The Balaban J connectivity index is 0.000000310. The van der Waals surface area contributed by atoms with Crippen LogP contribution in [0.2, 0.25) is 0 Å². The van der Waals surface area contributed by atoms with Gasteiger partial charge in [0.15, 0.2) is 0 Å². The van der Waals surface area contributed by atoms with E-state index in [0.717, 1.165) is 76.2 Å². The van der Waals surface area contributed by atoms with E-state index < -0.39 is 11.8 Å². The second-order valence-corrected chi connectivity index (χ2v) is 16.6. The van der Waals surface area contributed by atoms with Crippen molar-refractivity contribution in [2.45, 2.75) is 74.1 Å². The van der Waals surface area contributed by atoms with E-state index in [1.54, 1.807) is 17.5 Å². The largest absolute Gasteiger partial charge is 0.501 e. The van der Waals surface area contributed by atoms with Crippen molar-refractivity contribution in [1.29, 1.82) is 0 Å². The summed E-state index contributed by atoms with van der Waals surface area (Å²) in [6.07, 6.45) is 1.98. The third-order valence-corrected chi connectivity index (χ3v) is 10.3. The number of fused-ring (bicyclic) bond motifs is 4. The van der Waals surface area contributed by atoms with Crippen LogP contribution in [-0.4, -0.2) is 15.0 Å². The molecule has 0 fully saturated rings. The molecule has 0 atom stereocenters. The Bertz CT molecular complexity index is 2610. The molecule has 8 aromatic rings. The van der Waals surface area contributed by atoms with Gasteiger partial charge in [-0.1, -0.05) is 88.9 Å². The molecule has 6 heteroatoms. The number of nitrogens with zero attached hydrogens (tertiary/aromatic N) is 3. The van der Waals surface area contributed by atoms with Crippen molar-refractivity contribution in [1.82, 2.24) is 15.0 Å². The van der Waals surface area contributed by atoms with Gasteiger partial charge in [-0.25, -0.2) is 4.98 Å². The number of thiazole rings is 1. The van der Waals surface area contributed by atoms with Gasteiger partial charge in [0.2, 0.25) is 0 Å². The van der Waals surface area contributed by atoms with Gasteiger partial charge in [-0.15, -0.1) is 65.4 Å². The van der Waals surface area contributed by atoms with E-state index in [9.17, 15) is 0 Å². The minimum atomic E-state index is -1.61. The molecular formula is C47H45IrN3OS-2. The monoisotopic (exact) mass is 894 g/mol. The predicted octanol–water partition coefficient (Wildman–Crippen LogP) is 13.1. The first-order chi connectivity index (χ1) is 25.5. The Morgan fingerprint density at radius 2 is 1.53 bits per heavy atom. The molecule has 0 aliphatic rings. The van der Waals surface area contributed by atoms with Crippen LogP contribution >= 0.6 is 11.3 Å². The van der Waals surface area contributed by atoms with Crippen molar-refractivity contribution in [2.75, 3.05) is 0 Å². The molecule has 0 unspecified atom stereocenters. The van der Waals surface area contributed by atoms with Crippen LogP contribution in [0.1, 0.15) is 71.5 Å². The van der Waals surface area contributed by atoms with Crippen LogP contribution in [0.5, 0.6) is 0 Å². The number of aromatic nitrogens is 3. The van der Waals surface area contributed by atoms with Gasteiger partial charge in [0, 0.05) is 52.1 Å². The molecule has 0 aliphatic carbocycles. The van der Waals surface area contributed by atoms with Crippen molar-refractivity contribution in [3.05, 3.63) is 137 Å². The zero-order valence-corrected chi connectivity index (χ0v) is 34.9. The second kappa shape index (κ2) is 15.1. The van der Waals surface area contributed by atoms with Crippen LogP contribution in [0.3, 0.4) is 0 Å². The van der Waals surface area contributed by atoms with Crippen molar-refractivity contribution in [3.63, 3.8) is 0 Å². The van der Waals surface area contributed by atoms with Gasteiger partial charge in [-0.05, 0) is 83.4 Å². The number of hydrogen-bond acceptors (Lipinski definition) is 5. The Morgan fingerprint density at radius 3 is 2.19 bits per heavy atom. The first-order valence-electron chi connectivity index (χ1n) is 18.7. The summed E-state index contributed by atoms with van der Waals surface area (Å²) in [5.74, 6) is 0. The molecule has 0 saturated heterocycles.